The van der Waals surface area contributed by atoms with Gasteiger partial charge in [0.05, 0.1) is 18.8 Å². The zero-order valence-corrected chi connectivity index (χ0v) is 20.8. The molecular formula is C27H53NO3. The van der Waals surface area contributed by atoms with E-state index in [4.69, 9.17) is 0 Å². The first-order chi connectivity index (χ1) is 15.2. The maximum absolute atomic E-state index is 12.1. The van der Waals surface area contributed by atoms with Gasteiger partial charge in [0.1, 0.15) is 0 Å². The molecular weight excluding hydrogens is 386 g/mol. The fourth-order valence-corrected chi connectivity index (χ4v) is 3.88. The Morgan fingerprint density at radius 2 is 1.23 bits per heavy atom. The van der Waals surface area contributed by atoms with Gasteiger partial charge in [-0.3, -0.25) is 4.79 Å². The summed E-state index contributed by atoms with van der Waals surface area (Å²) in [5.41, 5.74) is 0. The number of carbonyl (C=O) groups excluding carboxylic acids is 1. The van der Waals surface area contributed by atoms with Gasteiger partial charge in [-0.05, 0) is 38.5 Å². The van der Waals surface area contributed by atoms with Crippen LogP contribution in [-0.2, 0) is 4.79 Å². The second-order valence-corrected chi connectivity index (χ2v) is 9.11. The Bertz CT molecular complexity index is 411. The first kappa shape index (κ1) is 30.1. The highest BCUT2D eigenvalue weighted by Gasteiger charge is 2.19. The summed E-state index contributed by atoms with van der Waals surface area (Å²) >= 11 is 0. The summed E-state index contributed by atoms with van der Waals surface area (Å²) in [4.78, 5) is 12.1. The van der Waals surface area contributed by atoms with E-state index in [1.165, 1.54) is 83.5 Å². The highest BCUT2D eigenvalue weighted by Crippen LogP contribution is 2.11. The first-order valence-corrected chi connectivity index (χ1v) is 13.4. The van der Waals surface area contributed by atoms with Gasteiger partial charge in [-0.15, -0.1) is 0 Å². The SMILES string of the molecule is CCCCCCC/C=C\CCCCCCCC(=O)NC(CO)C(O)CCCCCCC. The van der Waals surface area contributed by atoms with E-state index in [0.29, 0.717) is 12.8 Å². The Labute approximate surface area is 193 Å². The zero-order valence-electron chi connectivity index (χ0n) is 20.8. The molecule has 31 heavy (non-hydrogen) atoms. The molecule has 0 aromatic carbocycles. The summed E-state index contributed by atoms with van der Waals surface area (Å²) in [5, 5.41) is 22.5. The maximum atomic E-state index is 12.1. The molecule has 0 aromatic heterocycles. The number of allylic oxidation sites excluding steroid dienone is 2. The van der Waals surface area contributed by atoms with Crippen molar-refractivity contribution in [2.24, 2.45) is 0 Å². The van der Waals surface area contributed by atoms with Crippen molar-refractivity contribution < 1.29 is 15.0 Å². The van der Waals surface area contributed by atoms with E-state index in [9.17, 15) is 15.0 Å². The predicted molar refractivity (Wildman–Crippen MR) is 133 cm³/mol. The van der Waals surface area contributed by atoms with Gasteiger partial charge in [-0.1, -0.05) is 103 Å². The molecule has 4 nitrogen and oxygen atoms in total. The van der Waals surface area contributed by atoms with Crippen LogP contribution in [0.5, 0.6) is 0 Å². The van der Waals surface area contributed by atoms with Crippen molar-refractivity contribution in [3.8, 4) is 0 Å². The van der Waals surface area contributed by atoms with E-state index in [-0.39, 0.29) is 12.5 Å². The number of hydrogen-bond donors (Lipinski definition) is 3. The number of aliphatic hydroxyl groups is 2. The third kappa shape index (κ3) is 20.8. The third-order valence-electron chi connectivity index (χ3n) is 6.03. The lowest BCUT2D eigenvalue weighted by Gasteiger charge is -2.22. The van der Waals surface area contributed by atoms with E-state index in [1.54, 1.807) is 0 Å². The van der Waals surface area contributed by atoms with Gasteiger partial charge in [0.15, 0.2) is 0 Å². The highest BCUT2D eigenvalue weighted by atomic mass is 16.3. The quantitative estimate of drug-likeness (QED) is 0.121. The molecule has 4 heteroatoms. The van der Waals surface area contributed by atoms with Crippen molar-refractivity contribution in [3.05, 3.63) is 12.2 Å². The van der Waals surface area contributed by atoms with Crippen LogP contribution in [0.2, 0.25) is 0 Å². The van der Waals surface area contributed by atoms with Crippen LogP contribution in [0, 0.1) is 0 Å². The normalized spacial score (nSPS) is 13.5. The van der Waals surface area contributed by atoms with Gasteiger partial charge in [-0.2, -0.15) is 0 Å². The number of carbonyl (C=O) groups is 1. The molecule has 0 radical (unpaired) electrons. The number of aliphatic hydroxyl groups excluding tert-OH is 2. The van der Waals surface area contributed by atoms with Crippen molar-refractivity contribution in [1.29, 1.82) is 0 Å². The fraction of sp³-hybridized carbons (Fsp3) is 0.889. The highest BCUT2D eigenvalue weighted by molar-refractivity contribution is 5.76. The van der Waals surface area contributed by atoms with Crippen LogP contribution in [0.1, 0.15) is 136 Å². The van der Waals surface area contributed by atoms with Crippen LogP contribution in [0.4, 0.5) is 0 Å². The first-order valence-electron chi connectivity index (χ1n) is 13.4. The predicted octanol–water partition coefficient (Wildman–Crippen LogP) is 6.83. The second-order valence-electron chi connectivity index (χ2n) is 9.11. The van der Waals surface area contributed by atoms with E-state index >= 15 is 0 Å². The molecule has 0 aliphatic carbocycles. The van der Waals surface area contributed by atoms with Crippen molar-refractivity contribution >= 4 is 5.91 Å². The standard InChI is InChI=1S/C27H53NO3/c1-3-5-7-9-10-11-12-13-14-15-16-17-19-21-23-27(31)28-25(24-29)26(30)22-20-18-8-6-4-2/h12-13,25-26,29-30H,3-11,14-24H2,1-2H3,(H,28,31)/b13-12-. The lowest BCUT2D eigenvalue weighted by Crippen LogP contribution is -2.45. The van der Waals surface area contributed by atoms with Gasteiger partial charge < -0.3 is 15.5 Å². The molecule has 2 atom stereocenters. The van der Waals surface area contributed by atoms with Crippen molar-refractivity contribution in [1.82, 2.24) is 5.32 Å². The Balaban J connectivity index is 3.60. The van der Waals surface area contributed by atoms with Crippen LogP contribution in [-0.4, -0.2) is 34.9 Å². The zero-order chi connectivity index (χ0) is 23.0. The monoisotopic (exact) mass is 439 g/mol. The molecule has 0 spiro atoms. The minimum Gasteiger partial charge on any atom is -0.394 e. The number of nitrogens with one attached hydrogen (secondary N) is 1. The Morgan fingerprint density at radius 1 is 0.742 bits per heavy atom. The average molecular weight is 440 g/mol. The summed E-state index contributed by atoms with van der Waals surface area (Å²) in [6, 6.07) is -0.530. The fourth-order valence-electron chi connectivity index (χ4n) is 3.88. The lowest BCUT2D eigenvalue weighted by atomic mass is 10.0. The van der Waals surface area contributed by atoms with E-state index < -0.39 is 12.1 Å². The topological polar surface area (TPSA) is 69.6 Å². The summed E-state index contributed by atoms with van der Waals surface area (Å²) in [6.45, 7) is 4.24. The minimum absolute atomic E-state index is 0.0500. The Morgan fingerprint density at radius 3 is 1.77 bits per heavy atom. The molecule has 0 heterocycles. The molecule has 1 amide bonds. The van der Waals surface area contributed by atoms with Gasteiger partial charge in [0, 0.05) is 6.42 Å². The molecule has 0 bridgehead atoms. The molecule has 2 unspecified atom stereocenters. The average Bonchev–Trinajstić information content (AvgIpc) is 2.77. The summed E-state index contributed by atoms with van der Waals surface area (Å²) in [6.07, 6.45) is 25.5. The summed E-state index contributed by atoms with van der Waals surface area (Å²) in [7, 11) is 0. The molecule has 0 aliphatic heterocycles. The molecule has 0 saturated heterocycles. The smallest absolute Gasteiger partial charge is 0.220 e. The molecule has 0 aromatic rings. The number of unbranched alkanes of at least 4 members (excludes halogenated alkanes) is 14. The Hall–Kier alpha value is -0.870. The van der Waals surface area contributed by atoms with Crippen molar-refractivity contribution in [2.45, 2.75) is 148 Å². The number of amides is 1. The Kier molecular flexibility index (Phi) is 23.1. The second kappa shape index (κ2) is 23.8. The maximum Gasteiger partial charge on any atom is 0.220 e. The van der Waals surface area contributed by atoms with Crippen LogP contribution in [0.25, 0.3) is 0 Å². The summed E-state index contributed by atoms with van der Waals surface area (Å²) in [5.74, 6) is -0.0500. The molecule has 3 N–H and O–H groups in total. The molecule has 0 rings (SSSR count). The third-order valence-corrected chi connectivity index (χ3v) is 6.03. The van der Waals surface area contributed by atoms with Gasteiger partial charge in [0.25, 0.3) is 0 Å². The molecule has 0 saturated carbocycles. The van der Waals surface area contributed by atoms with E-state index in [1.807, 2.05) is 0 Å². The summed E-state index contributed by atoms with van der Waals surface area (Å²) < 4.78 is 0. The van der Waals surface area contributed by atoms with Crippen LogP contribution in [0.3, 0.4) is 0 Å². The van der Waals surface area contributed by atoms with Crippen LogP contribution >= 0.6 is 0 Å². The van der Waals surface area contributed by atoms with Crippen molar-refractivity contribution in [2.75, 3.05) is 6.61 Å². The van der Waals surface area contributed by atoms with Gasteiger partial charge in [-0.25, -0.2) is 0 Å². The van der Waals surface area contributed by atoms with Crippen LogP contribution < -0.4 is 5.32 Å². The number of rotatable bonds is 23. The molecule has 0 fully saturated rings. The van der Waals surface area contributed by atoms with E-state index in [2.05, 4.69) is 31.3 Å². The minimum atomic E-state index is -0.653. The lowest BCUT2D eigenvalue weighted by molar-refractivity contribution is -0.123. The largest absolute Gasteiger partial charge is 0.394 e. The van der Waals surface area contributed by atoms with Crippen molar-refractivity contribution in [3.63, 3.8) is 0 Å². The van der Waals surface area contributed by atoms with Crippen LogP contribution in [0.15, 0.2) is 12.2 Å². The molecule has 184 valence electrons. The van der Waals surface area contributed by atoms with E-state index in [0.717, 1.165) is 25.7 Å². The number of hydrogen-bond acceptors (Lipinski definition) is 3. The van der Waals surface area contributed by atoms with Gasteiger partial charge in [0.2, 0.25) is 5.91 Å². The molecule has 0 aliphatic rings. The van der Waals surface area contributed by atoms with Gasteiger partial charge >= 0.3 is 0 Å².